The van der Waals surface area contributed by atoms with Crippen LogP contribution in [0.5, 0.6) is 0 Å². The summed E-state index contributed by atoms with van der Waals surface area (Å²) in [5.41, 5.74) is 0. The Morgan fingerprint density at radius 1 is 1.50 bits per heavy atom. The van der Waals surface area contributed by atoms with Crippen LogP contribution in [-0.2, 0) is 0 Å². The molecule has 56 valence electrons. The Balaban J connectivity index is 2.61. The first-order valence-corrected chi connectivity index (χ1v) is 3.07. The van der Waals surface area contributed by atoms with Crippen LogP contribution in [0.25, 0.3) is 0 Å². The Kier molecular flexibility index (Phi) is 2.06. The van der Waals surface area contributed by atoms with E-state index in [1.165, 1.54) is 0 Å². The molecule has 1 heterocycles. The van der Waals surface area contributed by atoms with Gasteiger partial charge in [0.15, 0.2) is 0 Å². The lowest BCUT2D eigenvalue weighted by Crippen LogP contribution is -2.50. The van der Waals surface area contributed by atoms with Crippen molar-refractivity contribution in [2.24, 2.45) is 11.7 Å². The largest absolute Gasteiger partial charge is 0.296 e. The molecule has 0 amide bonds. The second-order valence-electron chi connectivity index (χ2n) is 2.25. The van der Waals surface area contributed by atoms with E-state index in [2.05, 4.69) is 0 Å². The van der Waals surface area contributed by atoms with Crippen LogP contribution in [0.2, 0.25) is 0 Å². The van der Waals surface area contributed by atoms with E-state index in [1.807, 2.05) is 18.2 Å². The SMILES string of the molecule is CN(N)C1C=CC=CN1N. The van der Waals surface area contributed by atoms with Gasteiger partial charge in [-0.3, -0.25) is 10.9 Å². The molecule has 10 heavy (non-hydrogen) atoms. The van der Waals surface area contributed by atoms with E-state index in [4.69, 9.17) is 11.7 Å². The number of likely N-dealkylation sites (N-methyl/N-ethyl adjacent to an activating group) is 1. The van der Waals surface area contributed by atoms with Crippen molar-refractivity contribution in [2.75, 3.05) is 7.05 Å². The minimum atomic E-state index is -0.0231. The van der Waals surface area contributed by atoms with Gasteiger partial charge >= 0.3 is 0 Å². The Hall–Kier alpha value is -0.840. The summed E-state index contributed by atoms with van der Waals surface area (Å²) in [6.45, 7) is 0. The molecule has 0 aromatic heterocycles. The number of nitrogens with two attached hydrogens (primary N) is 2. The first-order chi connectivity index (χ1) is 4.72. The summed E-state index contributed by atoms with van der Waals surface area (Å²) in [4.78, 5) is 0. The van der Waals surface area contributed by atoms with E-state index < -0.39 is 0 Å². The maximum absolute atomic E-state index is 5.55. The minimum absolute atomic E-state index is 0.0231. The van der Waals surface area contributed by atoms with Gasteiger partial charge in [0.2, 0.25) is 0 Å². The molecule has 0 fully saturated rings. The molecule has 0 aliphatic carbocycles. The summed E-state index contributed by atoms with van der Waals surface area (Å²) in [5.74, 6) is 11.0. The zero-order valence-corrected chi connectivity index (χ0v) is 5.94. The van der Waals surface area contributed by atoms with Gasteiger partial charge in [-0.25, -0.2) is 10.9 Å². The standard InChI is InChI=1S/C6H12N4/c1-9(7)6-4-2-3-5-10(6)8/h2-6H,7-8H2,1H3. The molecule has 1 aliphatic rings. The van der Waals surface area contributed by atoms with Gasteiger partial charge in [-0.05, 0) is 12.2 Å². The molecule has 0 aromatic carbocycles. The predicted molar refractivity (Wildman–Crippen MR) is 40.0 cm³/mol. The van der Waals surface area contributed by atoms with Gasteiger partial charge in [0.1, 0.15) is 6.17 Å². The molecular formula is C6H12N4. The smallest absolute Gasteiger partial charge is 0.127 e. The molecule has 0 saturated heterocycles. The summed E-state index contributed by atoms with van der Waals surface area (Å²) >= 11 is 0. The van der Waals surface area contributed by atoms with Crippen LogP contribution in [0.4, 0.5) is 0 Å². The van der Waals surface area contributed by atoms with Crippen molar-refractivity contribution in [3.05, 3.63) is 24.4 Å². The Morgan fingerprint density at radius 2 is 2.20 bits per heavy atom. The van der Waals surface area contributed by atoms with Crippen LogP contribution in [0.15, 0.2) is 24.4 Å². The van der Waals surface area contributed by atoms with E-state index in [-0.39, 0.29) is 6.17 Å². The molecule has 0 radical (unpaired) electrons. The monoisotopic (exact) mass is 140 g/mol. The topological polar surface area (TPSA) is 58.5 Å². The summed E-state index contributed by atoms with van der Waals surface area (Å²) in [5, 5.41) is 3.08. The normalized spacial score (nSPS) is 24.4. The number of nitrogens with zero attached hydrogens (tertiary/aromatic N) is 2. The first-order valence-electron chi connectivity index (χ1n) is 3.07. The average Bonchev–Trinajstić information content (AvgIpc) is 1.88. The molecule has 1 rings (SSSR count). The fourth-order valence-electron chi connectivity index (χ4n) is 0.846. The van der Waals surface area contributed by atoms with Gasteiger partial charge < -0.3 is 0 Å². The van der Waals surface area contributed by atoms with Crippen molar-refractivity contribution >= 4 is 0 Å². The molecule has 0 bridgehead atoms. The van der Waals surface area contributed by atoms with Crippen LogP contribution >= 0.6 is 0 Å². The summed E-state index contributed by atoms with van der Waals surface area (Å²) < 4.78 is 0. The van der Waals surface area contributed by atoms with E-state index in [9.17, 15) is 0 Å². The molecule has 0 saturated carbocycles. The molecular weight excluding hydrogens is 128 g/mol. The number of hydrogen-bond donors (Lipinski definition) is 2. The lowest BCUT2D eigenvalue weighted by molar-refractivity contribution is 0.140. The number of hydrogen-bond acceptors (Lipinski definition) is 4. The van der Waals surface area contributed by atoms with Gasteiger partial charge in [-0.2, -0.15) is 0 Å². The molecule has 1 aliphatic heterocycles. The lowest BCUT2D eigenvalue weighted by atomic mass is 10.3. The summed E-state index contributed by atoms with van der Waals surface area (Å²) in [6, 6.07) is 0. The second-order valence-corrected chi connectivity index (χ2v) is 2.25. The van der Waals surface area contributed by atoms with Crippen molar-refractivity contribution in [1.29, 1.82) is 0 Å². The van der Waals surface area contributed by atoms with Crippen molar-refractivity contribution in [3.63, 3.8) is 0 Å². The number of allylic oxidation sites excluding steroid dienone is 2. The second kappa shape index (κ2) is 2.83. The molecule has 1 unspecified atom stereocenters. The predicted octanol–water partition coefficient (Wildman–Crippen LogP) is -0.623. The van der Waals surface area contributed by atoms with Gasteiger partial charge in [-0.15, -0.1) is 0 Å². The summed E-state index contributed by atoms with van der Waals surface area (Å²) in [6.07, 6.45) is 7.44. The highest BCUT2D eigenvalue weighted by Crippen LogP contribution is 2.03. The highest BCUT2D eigenvalue weighted by molar-refractivity contribution is 5.10. The van der Waals surface area contributed by atoms with Crippen molar-refractivity contribution < 1.29 is 0 Å². The molecule has 0 spiro atoms. The summed E-state index contributed by atoms with van der Waals surface area (Å²) in [7, 11) is 1.77. The van der Waals surface area contributed by atoms with Crippen LogP contribution in [0, 0.1) is 0 Å². The van der Waals surface area contributed by atoms with Gasteiger partial charge in [0.05, 0.1) is 0 Å². The molecule has 1 atom stereocenters. The van der Waals surface area contributed by atoms with Crippen LogP contribution in [-0.4, -0.2) is 23.2 Å². The highest BCUT2D eigenvalue weighted by Gasteiger charge is 2.12. The zero-order chi connectivity index (χ0) is 7.56. The fraction of sp³-hybridized carbons (Fsp3) is 0.333. The van der Waals surface area contributed by atoms with Crippen molar-refractivity contribution in [2.45, 2.75) is 6.17 Å². The lowest BCUT2D eigenvalue weighted by Gasteiger charge is -2.30. The van der Waals surface area contributed by atoms with Crippen molar-refractivity contribution in [1.82, 2.24) is 10.0 Å². The maximum atomic E-state index is 5.55. The quantitative estimate of drug-likeness (QED) is 0.376. The molecule has 4 nitrogen and oxygen atoms in total. The molecule has 0 aromatic rings. The van der Waals surface area contributed by atoms with Crippen LogP contribution in [0.1, 0.15) is 0 Å². The maximum Gasteiger partial charge on any atom is 0.127 e. The van der Waals surface area contributed by atoms with Gasteiger partial charge in [0.25, 0.3) is 0 Å². The Bertz CT molecular complexity index is 161. The van der Waals surface area contributed by atoms with E-state index in [0.29, 0.717) is 0 Å². The Morgan fingerprint density at radius 3 is 2.60 bits per heavy atom. The first kappa shape index (κ1) is 7.27. The third-order valence-corrected chi connectivity index (χ3v) is 1.38. The highest BCUT2D eigenvalue weighted by atomic mass is 15.6. The Labute approximate surface area is 60.3 Å². The third kappa shape index (κ3) is 1.36. The van der Waals surface area contributed by atoms with Gasteiger partial charge in [-0.1, -0.05) is 6.08 Å². The zero-order valence-electron chi connectivity index (χ0n) is 5.94. The average molecular weight is 140 g/mol. The molecule has 4 N–H and O–H groups in total. The van der Waals surface area contributed by atoms with Gasteiger partial charge in [0, 0.05) is 13.2 Å². The van der Waals surface area contributed by atoms with Crippen molar-refractivity contribution in [3.8, 4) is 0 Å². The van der Waals surface area contributed by atoms with E-state index >= 15 is 0 Å². The number of hydrazine groups is 2. The van der Waals surface area contributed by atoms with Crippen LogP contribution < -0.4 is 11.7 Å². The van der Waals surface area contributed by atoms with E-state index in [0.717, 1.165) is 0 Å². The minimum Gasteiger partial charge on any atom is -0.296 e. The van der Waals surface area contributed by atoms with Crippen LogP contribution in [0.3, 0.4) is 0 Å². The molecule has 4 heteroatoms. The fourth-order valence-corrected chi connectivity index (χ4v) is 0.846. The number of rotatable bonds is 1. The third-order valence-electron chi connectivity index (χ3n) is 1.38. The van der Waals surface area contributed by atoms with E-state index in [1.54, 1.807) is 23.3 Å².